The van der Waals surface area contributed by atoms with Crippen LogP contribution >= 0.6 is 0 Å². The normalized spacial score (nSPS) is 10.5. The van der Waals surface area contributed by atoms with Crippen LogP contribution < -0.4 is 10.6 Å². The lowest BCUT2D eigenvalue weighted by Crippen LogP contribution is -2.07. The maximum absolute atomic E-state index is 5.15. The minimum Gasteiger partial charge on any atom is -0.370 e. The van der Waals surface area contributed by atoms with Crippen LogP contribution in [0.2, 0.25) is 0 Å². The van der Waals surface area contributed by atoms with Crippen molar-refractivity contribution in [3.8, 4) is 0 Å². The van der Waals surface area contributed by atoms with Crippen LogP contribution in [-0.2, 0) is 13.0 Å². The predicted molar refractivity (Wildman–Crippen MR) is 74.1 cm³/mol. The molecule has 0 radical (unpaired) electrons. The Morgan fingerprint density at radius 2 is 1.84 bits per heavy atom. The molecule has 0 spiro atoms. The second-order valence-electron chi connectivity index (χ2n) is 4.23. The Hall–Kier alpha value is -2.11. The smallest absolute Gasteiger partial charge is 0.156 e. The molecule has 2 N–H and O–H groups in total. The second-order valence-corrected chi connectivity index (χ2v) is 4.23. The highest BCUT2D eigenvalue weighted by Crippen LogP contribution is 2.13. The molecule has 0 saturated heterocycles. The van der Waals surface area contributed by atoms with Crippen molar-refractivity contribution in [3.63, 3.8) is 0 Å². The van der Waals surface area contributed by atoms with Gasteiger partial charge >= 0.3 is 0 Å². The maximum atomic E-state index is 5.15. The van der Waals surface area contributed by atoms with E-state index in [1.165, 1.54) is 0 Å². The van der Waals surface area contributed by atoms with Gasteiger partial charge in [0.25, 0.3) is 0 Å². The van der Waals surface area contributed by atoms with E-state index in [0.29, 0.717) is 6.54 Å². The molecule has 0 aromatic carbocycles. The lowest BCUT2D eigenvalue weighted by Gasteiger charge is -2.08. The molecule has 0 bridgehead atoms. The van der Waals surface area contributed by atoms with Crippen molar-refractivity contribution in [2.75, 3.05) is 17.2 Å². The Bertz CT molecular complexity index is 538. The lowest BCUT2D eigenvalue weighted by molar-refractivity contribution is 0.384. The number of rotatable bonds is 6. The van der Waals surface area contributed by atoms with Gasteiger partial charge in [-0.2, -0.15) is 0 Å². The van der Waals surface area contributed by atoms with E-state index in [-0.39, 0.29) is 0 Å². The standard InChI is InChI=1S/C13H19N5O/c1-4-11-16-12(14-5-2)7-13(17-11)15-8-10-6-9(3)18-19-10/h6-7H,4-5,8H2,1-3H3,(H2,14,15,16,17). The largest absolute Gasteiger partial charge is 0.370 e. The van der Waals surface area contributed by atoms with Crippen molar-refractivity contribution < 1.29 is 4.52 Å². The molecular formula is C13H19N5O. The highest BCUT2D eigenvalue weighted by atomic mass is 16.5. The molecule has 0 saturated carbocycles. The van der Waals surface area contributed by atoms with Crippen molar-refractivity contribution in [3.05, 3.63) is 29.4 Å². The summed E-state index contributed by atoms with van der Waals surface area (Å²) in [7, 11) is 0. The second kappa shape index (κ2) is 6.17. The van der Waals surface area contributed by atoms with Crippen molar-refractivity contribution in [1.82, 2.24) is 15.1 Å². The topological polar surface area (TPSA) is 75.9 Å². The Morgan fingerprint density at radius 3 is 2.42 bits per heavy atom. The molecule has 0 unspecified atom stereocenters. The summed E-state index contributed by atoms with van der Waals surface area (Å²) in [5, 5.41) is 10.3. The summed E-state index contributed by atoms with van der Waals surface area (Å²) in [4.78, 5) is 8.83. The molecule has 6 nitrogen and oxygen atoms in total. The molecule has 0 amide bonds. The van der Waals surface area contributed by atoms with Crippen LogP contribution in [0.25, 0.3) is 0 Å². The predicted octanol–water partition coefficient (Wildman–Crippen LogP) is 2.38. The number of hydrogen-bond acceptors (Lipinski definition) is 6. The van der Waals surface area contributed by atoms with Gasteiger partial charge in [-0.25, -0.2) is 9.97 Å². The zero-order valence-corrected chi connectivity index (χ0v) is 11.5. The summed E-state index contributed by atoms with van der Waals surface area (Å²) >= 11 is 0. The van der Waals surface area contributed by atoms with Crippen LogP contribution in [0.4, 0.5) is 11.6 Å². The molecule has 2 heterocycles. The SMILES string of the molecule is CCNc1cc(NCc2cc(C)no2)nc(CC)n1. The third kappa shape index (κ3) is 3.67. The minimum absolute atomic E-state index is 0.562. The molecule has 6 heteroatoms. The van der Waals surface area contributed by atoms with Crippen LogP contribution in [-0.4, -0.2) is 21.7 Å². The first-order valence-electron chi connectivity index (χ1n) is 6.49. The molecule has 0 aliphatic rings. The summed E-state index contributed by atoms with van der Waals surface area (Å²) in [5.41, 5.74) is 0.877. The fraction of sp³-hybridized carbons (Fsp3) is 0.462. The Labute approximate surface area is 112 Å². The molecular weight excluding hydrogens is 242 g/mol. The Morgan fingerprint density at radius 1 is 1.11 bits per heavy atom. The molecule has 0 aliphatic carbocycles. The van der Waals surface area contributed by atoms with E-state index in [1.54, 1.807) is 0 Å². The van der Waals surface area contributed by atoms with E-state index in [0.717, 1.165) is 41.9 Å². The highest BCUT2D eigenvalue weighted by molar-refractivity contribution is 5.47. The van der Waals surface area contributed by atoms with E-state index in [4.69, 9.17) is 4.52 Å². The molecule has 0 fully saturated rings. The van der Waals surface area contributed by atoms with Crippen LogP contribution in [0.5, 0.6) is 0 Å². The summed E-state index contributed by atoms with van der Waals surface area (Å²) in [6.07, 6.45) is 0.801. The van der Waals surface area contributed by atoms with Gasteiger partial charge < -0.3 is 15.2 Å². The third-order valence-corrected chi connectivity index (χ3v) is 2.57. The van der Waals surface area contributed by atoms with E-state index in [2.05, 4.69) is 25.8 Å². The van der Waals surface area contributed by atoms with E-state index in [9.17, 15) is 0 Å². The molecule has 102 valence electrons. The number of hydrogen-bond donors (Lipinski definition) is 2. The van der Waals surface area contributed by atoms with Crippen molar-refractivity contribution in [2.24, 2.45) is 0 Å². The first-order valence-corrected chi connectivity index (χ1v) is 6.49. The molecule has 0 atom stereocenters. The van der Waals surface area contributed by atoms with Crippen LogP contribution in [0, 0.1) is 6.92 Å². The quantitative estimate of drug-likeness (QED) is 0.831. The third-order valence-electron chi connectivity index (χ3n) is 2.57. The summed E-state index contributed by atoms with van der Waals surface area (Å²) in [6.45, 7) is 7.37. The van der Waals surface area contributed by atoms with Gasteiger partial charge in [-0.15, -0.1) is 0 Å². The van der Waals surface area contributed by atoms with Gasteiger partial charge in [0.15, 0.2) is 5.76 Å². The van der Waals surface area contributed by atoms with Crippen molar-refractivity contribution >= 4 is 11.6 Å². The minimum atomic E-state index is 0.562. The summed E-state index contributed by atoms with van der Waals surface area (Å²) in [6, 6.07) is 3.80. The summed E-state index contributed by atoms with van der Waals surface area (Å²) < 4.78 is 5.15. The van der Waals surface area contributed by atoms with Crippen LogP contribution in [0.15, 0.2) is 16.7 Å². The molecule has 19 heavy (non-hydrogen) atoms. The molecule has 2 aromatic heterocycles. The Kier molecular flexibility index (Phi) is 4.33. The van der Waals surface area contributed by atoms with Crippen molar-refractivity contribution in [1.29, 1.82) is 0 Å². The zero-order valence-electron chi connectivity index (χ0n) is 11.5. The summed E-state index contributed by atoms with van der Waals surface area (Å²) in [5.74, 6) is 3.23. The van der Waals surface area contributed by atoms with Gasteiger partial charge in [-0.3, -0.25) is 0 Å². The average Bonchev–Trinajstić information content (AvgIpc) is 2.82. The monoisotopic (exact) mass is 261 g/mol. The van der Waals surface area contributed by atoms with Gasteiger partial charge in [0, 0.05) is 25.1 Å². The van der Waals surface area contributed by atoms with Gasteiger partial charge in [-0.1, -0.05) is 12.1 Å². The van der Waals surface area contributed by atoms with E-state index >= 15 is 0 Å². The fourth-order valence-electron chi connectivity index (χ4n) is 1.69. The van der Waals surface area contributed by atoms with Crippen LogP contribution in [0.3, 0.4) is 0 Å². The number of nitrogens with one attached hydrogen (secondary N) is 2. The highest BCUT2D eigenvalue weighted by Gasteiger charge is 2.05. The average molecular weight is 261 g/mol. The van der Waals surface area contributed by atoms with Gasteiger partial charge in [-0.05, 0) is 13.8 Å². The number of nitrogens with zero attached hydrogens (tertiary/aromatic N) is 3. The number of aryl methyl sites for hydroxylation is 2. The molecule has 2 rings (SSSR count). The Balaban J connectivity index is 2.08. The van der Waals surface area contributed by atoms with Gasteiger partial charge in [0.05, 0.1) is 12.2 Å². The lowest BCUT2D eigenvalue weighted by atomic mass is 10.3. The van der Waals surface area contributed by atoms with Crippen molar-refractivity contribution in [2.45, 2.75) is 33.7 Å². The fourth-order valence-corrected chi connectivity index (χ4v) is 1.69. The van der Waals surface area contributed by atoms with E-state index in [1.807, 2.05) is 32.9 Å². The first kappa shape index (κ1) is 13.3. The van der Waals surface area contributed by atoms with Gasteiger partial charge in [0.2, 0.25) is 0 Å². The van der Waals surface area contributed by atoms with E-state index < -0.39 is 0 Å². The molecule has 0 aliphatic heterocycles. The van der Waals surface area contributed by atoms with Crippen LogP contribution in [0.1, 0.15) is 31.1 Å². The van der Waals surface area contributed by atoms with Gasteiger partial charge in [0.1, 0.15) is 17.5 Å². The molecule has 2 aromatic rings. The maximum Gasteiger partial charge on any atom is 0.156 e. The number of anilines is 2. The first-order chi connectivity index (χ1) is 9.21. The number of aromatic nitrogens is 3. The zero-order chi connectivity index (χ0) is 13.7.